The van der Waals surface area contributed by atoms with Crippen molar-refractivity contribution in [2.45, 2.75) is 32.7 Å². The Labute approximate surface area is 80.2 Å². The zero-order chi connectivity index (χ0) is 9.26. The molecule has 0 spiro atoms. The van der Waals surface area contributed by atoms with Gasteiger partial charge in [-0.15, -0.1) is 0 Å². The number of hydrogen-bond donors (Lipinski definition) is 1. The lowest BCUT2D eigenvalue weighted by Crippen LogP contribution is -2.12. The average Bonchev–Trinajstić information content (AvgIpc) is 2.29. The van der Waals surface area contributed by atoms with Crippen molar-refractivity contribution in [2.75, 3.05) is 6.54 Å². The van der Waals surface area contributed by atoms with Crippen LogP contribution in [0.15, 0.2) is 18.2 Å². The van der Waals surface area contributed by atoms with Gasteiger partial charge in [0.1, 0.15) is 0 Å². The molecule has 70 valence electrons. The molecule has 1 atom stereocenters. The third kappa shape index (κ3) is 1.75. The summed E-state index contributed by atoms with van der Waals surface area (Å²) < 4.78 is 0. The van der Waals surface area contributed by atoms with E-state index in [0.717, 1.165) is 13.1 Å². The first-order chi connectivity index (χ1) is 6.27. The summed E-state index contributed by atoms with van der Waals surface area (Å²) in [5.41, 5.74) is 4.41. The summed E-state index contributed by atoms with van der Waals surface area (Å²) >= 11 is 0. The molecule has 0 aliphatic carbocycles. The Balaban J connectivity index is 2.43. The topological polar surface area (TPSA) is 12.0 Å². The number of hydrogen-bond acceptors (Lipinski definition) is 1. The highest BCUT2D eigenvalue weighted by atomic mass is 14.9. The van der Waals surface area contributed by atoms with Gasteiger partial charge in [0.05, 0.1) is 0 Å². The van der Waals surface area contributed by atoms with E-state index < -0.39 is 0 Å². The number of aryl methyl sites for hydroxylation is 1. The van der Waals surface area contributed by atoms with Gasteiger partial charge in [0.2, 0.25) is 0 Å². The second-order valence-electron chi connectivity index (χ2n) is 4.07. The average molecular weight is 175 g/mol. The molecule has 0 aromatic heterocycles. The summed E-state index contributed by atoms with van der Waals surface area (Å²) in [7, 11) is 0. The molecule has 1 heteroatoms. The van der Waals surface area contributed by atoms with Crippen LogP contribution in [0.25, 0.3) is 0 Å². The highest BCUT2D eigenvalue weighted by molar-refractivity contribution is 5.34. The number of benzene rings is 1. The van der Waals surface area contributed by atoms with Crippen molar-refractivity contribution >= 4 is 0 Å². The van der Waals surface area contributed by atoms with E-state index in [0.29, 0.717) is 5.92 Å². The largest absolute Gasteiger partial charge is 0.313 e. The van der Waals surface area contributed by atoms with Crippen LogP contribution in [0.2, 0.25) is 0 Å². The molecule has 1 aromatic carbocycles. The van der Waals surface area contributed by atoms with Crippen LogP contribution < -0.4 is 5.32 Å². The molecule has 0 amide bonds. The third-order valence-electron chi connectivity index (χ3n) is 2.90. The maximum Gasteiger partial charge on any atom is 0.0208 e. The van der Waals surface area contributed by atoms with E-state index in [1.54, 1.807) is 5.56 Å². The Kier molecular flexibility index (Phi) is 2.36. The molecule has 2 rings (SSSR count). The van der Waals surface area contributed by atoms with E-state index in [4.69, 9.17) is 0 Å². The molecule has 1 aromatic rings. The lowest BCUT2D eigenvalue weighted by molar-refractivity contribution is 0.630. The van der Waals surface area contributed by atoms with E-state index >= 15 is 0 Å². The molecular weight excluding hydrogens is 158 g/mol. The van der Waals surface area contributed by atoms with E-state index in [1.165, 1.54) is 17.5 Å². The van der Waals surface area contributed by atoms with Crippen LogP contribution in [0.1, 0.15) is 36.0 Å². The van der Waals surface area contributed by atoms with Crippen LogP contribution in [0.5, 0.6) is 0 Å². The molecule has 13 heavy (non-hydrogen) atoms. The first-order valence-electron chi connectivity index (χ1n) is 5.07. The fourth-order valence-electron chi connectivity index (χ4n) is 2.03. The van der Waals surface area contributed by atoms with E-state index in [2.05, 4.69) is 37.4 Å². The molecular formula is C12H17N. The maximum absolute atomic E-state index is 3.45. The van der Waals surface area contributed by atoms with Gasteiger partial charge in [-0.05, 0) is 36.9 Å². The standard InChI is InChI=1S/C12H17N/c1-9-3-4-11-8-13-6-5-10(2)12(11)7-9/h3-4,7,10,13H,5-6,8H2,1-2H3. The monoisotopic (exact) mass is 175 g/mol. The molecule has 1 N–H and O–H groups in total. The molecule has 1 unspecified atom stereocenters. The molecule has 1 nitrogen and oxygen atoms in total. The smallest absolute Gasteiger partial charge is 0.0208 e. The van der Waals surface area contributed by atoms with Crippen LogP contribution in [0.3, 0.4) is 0 Å². The van der Waals surface area contributed by atoms with Crippen LogP contribution in [-0.2, 0) is 6.54 Å². The summed E-state index contributed by atoms with van der Waals surface area (Å²) in [4.78, 5) is 0. The van der Waals surface area contributed by atoms with Crippen LogP contribution in [0, 0.1) is 6.92 Å². The number of rotatable bonds is 0. The summed E-state index contributed by atoms with van der Waals surface area (Å²) in [6.07, 6.45) is 1.26. The lowest BCUT2D eigenvalue weighted by Gasteiger charge is -2.12. The summed E-state index contributed by atoms with van der Waals surface area (Å²) in [6, 6.07) is 6.81. The lowest BCUT2D eigenvalue weighted by atomic mass is 9.93. The van der Waals surface area contributed by atoms with Gasteiger partial charge >= 0.3 is 0 Å². The van der Waals surface area contributed by atoms with Crippen LogP contribution >= 0.6 is 0 Å². The van der Waals surface area contributed by atoms with Crippen molar-refractivity contribution in [3.8, 4) is 0 Å². The maximum atomic E-state index is 3.45. The quantitative estimate of drug-likeness (QED) is 0.639. The van der Waals surface area contributed by atoms with Gasteiger partial charge in [0, 0.05) is 6.54 Å². The predicted octanol–water partition coefficient (Wildman–Crippen LogP) is 2.59. The molecule has 1 aliphatic rings. The van der Waals surface area contributed by atoms with Gasteiger partial charge in [-0.25, -0.2) is 0 Å². The van der Waals surface area contributed by atoms with Gasteiger partial charge < -0.3 is 5.32 Å². The van der Waals surface area contributed by atoms with E-state index in [9.17, 15) is 0 Å². The van der Waals surface area contributed by atoms with E-state index in [1.807, 2.05) is 0 Å². The van der Waals surface area contributed by atoms with Crippen molar-refractivity contribution in [1.82, 2.24) is 5.32 Å². The number of nitrogens with one attached hydrogen (secondary N) is 1. The SMILES string of the molecule is Cc1ccc2c(c1)C(C)CCNC2. The zero-order valence-electron chi connectivity index (χ0n) is 8.43. The van der Waals surface area contributed by atoms with Gasteiger partial charge in [-0.2, -0.15) is 0 Å². The first-order valence-corrected chi connectivity index (χ1v) is 5.07. The van der Waals surface area contributed by atoms with Gasteiger partial charge in [0.15, 0.2) is 0 Å². The van der Waals surface area contributed by atoms with Gasteiger partial charge in [-0.3, -0.25) is 0 Å². The minimum atomic E-state index is 0.713. The number of fused-ring (bicyclic) bond motifs is 1. The molecule has 0 saturated heterocycles. The minimum absolute atomic E-state index is 0.713. The van der Waals surface area contributed by atoms with Gasteiger partial charge in [0.25, 0.3) is 0 Å². The first kappa shape index (κ1) is 8.76. The second kappa shape index (κ2) is 3.51. The molecule has 0 bridgehead atoms. The fourth-order valence-corrected chi connectivity index (χ4v) is 2.03. The minimum Gasteiger partial charge on any atom is -0.313 e. The van der Waals surface area contributed by atoms with Crippen LogP contribution in [0.4, 0.5) is 0 Å². The summed E-state index contributed by atoms with van der Waals surface area (Å²) in [6.45, 7) is 6.69. The fraction of sp³-hybridized carbons (Fsp3) is 0.500. The Morgan fingerprint density at radius 3 is 3.08 bits per heavy atom. The van der Waals surface area contributed by atoms with Crippen molar-refractivity contribution in [3.05, 3.63) is 34.9 Å². The molecule has 1 aliphatic heterocycles. The van der Waals surface area contributed by atoms with Gasteiger partial charge in [-0.1, -0.05) is 30.7 Å². The van der Waals surface area contributed by atoms with E-state index in [-0.39, 0.29) is 0 Å². The Bertz CT molecular complexity index is 304. The Morgan fingerprint density at radius 2 is 2.23 bits per heavy atom. The van der Waals surface area contributed by atoms with Crippen molar-refractivity contribution in [3.63, 3.8) is 0 Å². The summed E-state index contributed by atoms with van der Waals surface area (Å²) in [5, 5.41) is 3.45. The molecule has 0 radical (unpaired) electrons. The van der Waals surface area contributed by atoms with Crippen molar-refractivity contribution in [2.24, 2.45) is 0 Å². The third-order valence-corrected chi connectivity index (χ3v) is 2.90. The molecule has 0 saturated carbocycles. The highest BCUT2D eigenvalue weighted by Crippen LogP contribution is 2.25. The summed E-state index contributed by atoms with van der Waals surface area (Å²) in [5.74, 6) is 0.713. The zero-order valence-corrected chi connectivity index (χ0v) is 8.43. The Hall–Kier alpha value is -0.820. The molecule has 1 heterocycles. The Morgan fingerprint density at radius 1 is 1.38 bits per heavy atom. The van der Waals surface area contributed by atoms with Crippen molar-refractivity contribution < 1.29 is 0 Å². The highest BCUT2D eigenvalue weighted by Gasteiger charge is 2.13. The normalized spacial score (nSPS) is 22.2. The van der Waals surface area contributed by atoms with Crippen molar-refractivity contribution in [1.29, 1.82) is 0 Å². The molecule has 0 fully saturated rings. The second-order valence-corrected chi connectivity index (χ2v) is 4.07. The van der Waals surface area contributed by atoms with Crippen LogP contribution in [-0.4, -0.2) is 6.54 Å². The predicted molar refractivity (Wildman–Crippen MR) is 55.9 cm³/mol.